The number of hydrogen-bond donors (Lipinski definition) is 2. The van der Waals surface area contributed by atoms with Gasteiger partial charge in [-0.2, -0.15) is 13.2 Å². The molecule has 10 heteroatoms. The van der Waals surface area contributed by atoms with E-state index in [0.29, 0.717) is 13.0 Å². The Bertz CT molecular complexity index is 880. The van der Waals surface area contributed by atoms with Crippen molar-refractivity contribution < 1.29 is 32.3 Å². The van der Waals surface area contributed by atoms with Crippen molar-refractivity contribution >= 4 is 35.3 Å². The van der Waals surface area contributed by atoms with E-state index in [1.165, 1.54) is 12.1 Å². The highest BCUT2D eigenvalue weighted by Crippen LogP contribution is 2.29. The number of amides is 3. The number of urea groups is 1. The second kappa shape index (κ2) is 10.4. The van der Waals surface area contributed by atoms with E-state index in [4.69, 9.17) is 0 Å². The van der Waals surface area contributed by atoms with Gasteiger partial charge >= 0.3 is 18.2 Å². The lowest BCUT2D eigenvalue weighted by Crippen LogP contribution is -2.42. The average molecular weight is 426 g/mol. The van der Waals surface area contributed by atoms with Crippen LogP contribution >= 0.6 is 11.3 Å². The van der Waals surface area contributed by atoms with Gasteiger partial charge in [-0.05, 0) is 41.6 Å². The minimum absolute atomic E-state index is 0.145. The fourth-order valence-electron chi connectivity index (χ4n) is 2.13. The van der Waals surface area contributed by atoms with Crippen molar-refractivity contribution in [3.05, 3.63) is 63.9 Å². The molecular formula is C19H17F3N2O4S. The molecule has 154 valence electrons. The molecule has 6 nitrogen and oxygen atoms in total. The molecule has 2 rings (SSSR count). The molecule has 1 aromatic heterocycles. The number of benzene rings is 1. The van der Waals surface area contributed by atoms with Crippen molar-refractivity contribution in [2.75, 3.05) is 13.2 Å². The van der Waals surface area contributed by atoms with Crippen LogP contribution in [0, 0.1) is 0 Å². The first-order valence-electron chi connectivity index (χ1n) is 8.36. The summed E-state index contributed by atoms with van der Waals surface area (Å²) in [5.74, 6) is -1.77. The van der Waals surface area contributed by atoms with Gasteiger partial charge in [0.1, 0.15) is 0 Å². The number of esters is 1. The Hall–Kier alpha value is -3.14. The van der Waals surface area contributed by atoms with Crippen molar-refractivity contribution in [2.45, 2.75) is 12.6 Å². The smallest absolute Gasteiger partial charge is 0.416 e. The minimum atomic E-state index is -4.49. The lowest BCUT2D eigenvalue weighted by molar-refractivity contribution is -0.143. The summed E-state index contributed by atoms with van der Waals surface area (Å²) < 4.78 is 42.6. The van der Waals surface area contributed by atoms with Crippen molar-refractivity contribution in [3.63, 3.8) is 0 Å². The summed E-state index contributed by atoms with van der Waals surface area (Å²) in [6.07, 6.45) is -1.85. The maximum Gasteiger partial charge on any atom is 0.416 e. The lowest BCUT2D eigenvalue weighted by atomic mass is 10.1. The first kappa shape index (κ1) is 22.2. The van der Waals surface area contributed by atoms with E-state index < -0.39 is 36.3 Å². The maximum absolute atomic E-state index is 12.6. The number of carbonyl (C=O) groups is 3. The molecule has 3 amide bonds. The largest absolute Gasteiger partial charge is 0.452 e. The monoisotopic (exact) mass is 426 g/mol. The van der Waals surface area contributed by atoms with Crippen LogP contribution in [0.15, 0.2) is 47.9 Å². The van der Waals surface area contributed by atoms with Crippen LogP contribution < -0.4 is 10.6 Å². The zero-order valence-corrected chi connectivity index (χ0v) is 15.8. The van der Waals surface area contributed by atoms with Crippen LogP contribution in [0.4, 0.5) is 18.0 Å². The molecule has 0 aliphatic rings. The highest BCUT2D eigenvalue weighted by Gasteiger charge is 2.30. The van der Waals surface area contributed by atoms with Gasteiger partial charge in [-0.3, -0.25) is 10.1 Å². The summed E-state index contributed by atoms with van der Waals surface area (Å²) in [5.41, 5.74) is -0.705. The average Bonchev–Trinajstić information content (AvgIpc) is 3.17. The second-order valence-corrected chi connectivity index (χ2v) is 6.73. The third-order valence-electron chi connectivity index (χ3n) is 3.46. The van der Waals surface area contributed by atoms with Crippen molar-refractivity contribution in [3.8, 4) is 0 Å². The first-order chi connectivity index (χ1) is 13.7. The molecular weight excluding hydrogens is 409 g/mol. The van der Waals surface area contributed by atoms with Crippen molar-refractivity contribution in [2.24, 2.45) is 0 Å². The molecule has 2 aromatic rings. The molecule has 0 bridgehead atoms. The summed E-state index contributed by atoms with van der Waals surface area (Å²) >= 11 is 1.55. The van der Waals surface area contributed by atoms with Gasteiger partial charge in [-0.1, -0.05) is 18.2 Å². The number of hydrogen-bond acceptors (Lipinski definition) is 5. The molecule has 0 radical (unpaired) electrons. The van der Waals surface area contributed by atoms with Gasteiger partial charge in [0.05, 0.1) is 5.56 Å². The molecule has 0 spiro atoms. The van der Waals surface area contributed by atoms with Gasteiger partial charge in [-0.15, -0.1) is 11.3 Å². The predicted octanol–water partition coefficient (Wildman–Crippen LogP) is 3.39. The van der Waals surface area contributed by atoms with Crippen LogP contribution in [-0.4, -0.2) is 31.1 Å². The standard InChI is InChI=1S/C19H17F3N2O4S/c20-19(21,22)14-4-1-3-13(11-14)6-7-17(26)28-12-16(25)24-18(27)23-9-8-15-5-2-10-29-15/h1-7,10-11H,8-9,12H2,(H2,23,24,25,27)/b7-6+. The highest BCUT2D eigenvalue weighted by atomic mass is 32.1. The number of alkyl halides is 3. The lowest BCUT2D eigenvalue weighted by Gasteiger charge is -2.07. The molecule has 0 saturated heterocycles. The van der Waals surface area contributed by atoms with E-state index in [1.807, 2.05) is 22.8 Å². The molecule has 2 N–H and O–H groups in total. The number of rotatable bonds is 7. The molecule has 0 saturated carbocycles. The summed E-state index contributed by atoms with van der Waals surface area (Å²) in [4.78, 5) is 35.8. The Labute approximate surface area is 168 Å². The third-order valence-corrected chi connectivity index (χ3v) is 4.40. The van der Waals surface area contributed by atoms with Crippen molar-refractivity contribution in [1.29, 1.82) is 0 Å². The van der Waals surface area contributed by atoms with Gasteiger partial charge in [0.25, 0.3) is 5.91 Å². The van der Waals surface area contributed by atoms with Gasteiger partial charge in [0.2, 0.25) is 0 Å². The molecule has 0 atom stereocenters. The first-order valence-corrected chi connectivity index (χ1v) is 9.24. The van der Waals surface area contributed by atoms with Gasteiger partial charge < -0.3 is 10.1 Å². The summed E-state index contributed by atoms with van der Waals surface area (Å²) in [6.45, 7) is -0.372. The number of carbonyl (C=O) groups excluding carboxylic acids is 3. The highest BCUT2D eigenvalue weighted by molar-refractivity contribution is 7.09. The topological polar surface area (TPSA) is 84.5 Å². The Morgan fingerprint density at radius 3 is 2.62 bits per heavy atom. The number of halogens is 3. The normalized spacial score (nSPS) is 11.3. The number of ether oxygens (including phenoxy) is 1. The van der Waals surface area contributed by atoms with Gasteiger partial charge in [0.15, 0.2) is 6.61 Å². The third kappa shape index (κ3) is 8.18. The summed E-state index contributed by atoms with van der Waals surface area (Å²) in [7, 11) is 0. The van der Waals surface area contributed by atoms with Gasteiger partial charge in [0, 0.05) is 17.5 Å². The molecule has 1 aromatic carbocycles. The van der Waals surface area contributed by atoms with E-state index >= 15 is 0 Å². The zero-order valence-electron chi connectivity index (χ0n) is 15.0. The van der Waals surface area contributed by atoms with Crippen LogP contribution in [0.1, 0.15) is 16.0 Å². The second-order valence-electron chi connectivity index (χ2n) is 5.70. The van der Waals surface area contributed by atoms with E-state index in [0.717, 1.165) is 29.2 Å². The molecule has 1 heterocycles. The molecule has 29 heavy (non-hydrogen) atoms. The summed E-state index contributed by atoms with van der Waals surface area (Å²) in [5, 5.41) is 6.41. The Kier molecular flexibility index (Phi) is 7.96. The van der Waals surface area contributed by atoms with E-state index in [9.17, 15) is 27.6 Å². The fraction of sp³-hybridized carbons (Fsp3) is 0.211. The molecule has 0 aliphatic carbocycles. The zero-order chi connectivity index (χ0) is 21.3. The quantitative estimate of drug-likeness (QED) is 0.525. The minimum Gasteiger partial charge on any atom is -0.452 e. The van der Waals surface area contributed by atoms with Gasteiger partial charge in [-0.25, -0.2) is 9.59 Å². The number of nitrogens with one attached hydrogen (secondary N) is 2. The Morgan fingerprint density at radius 1 is 1.14 bits per heavy atom. The fourth-order valence-corrected chi connectivity index (χ4v) is 2.84. The summed E-state index contributed by atoms with van der Waals surface area (Å²) in [6, 6.07) is 7.45. The van der Waals surface area contributed by atoms with Crippen LogP contribution in [0.25, 0.3) is 6.08 Å². The van der Waals surface area contributed by atoms with E-state index in [1.54, 1.807) is 11.3 Å². The molecule has 0 unspecified atom stereocenters. The van der Waals surface area contributed by atoms with E-state index in [2.05, 4.69) is 10.1 Å². The van der Waals surface area contributed by atoms with E-state index in [-0.39, 0.29) is 5.56 Å². The molecule has 0 fully saturated rings. The van der Waals surface area contributed by atoms with Crippen LogP contribution in [0.3, 0.4) is 0 Å². The number of imide groups is 1. The van der Waals surface area contributed by atoms with Crippen LogP contribution in [-0.2, 0) is 26.9 Å². The molecule has 0 aliphatic heterocycles. The van der Waals surface area contributed by atoms with Crippen LogP contribution in [0.5, 0.6) is 0 Å². The van der Waals surface area contributed by atoms with Crippen molar-refractivity contribution in [1.82, 2.24) is 10.6 Å². The predicted molar refractivity (Wildman–Crippen MR) is 101 cm³/mol. The van der Waals surface area contributed by atoms with Crippen LogP contribution in [0.2, 0.25) is 0 Å². The number of thiophene rings is 1. The Morgan fingerprint density at radius 2 is 1.93 bits per heavy atom. The SMILES string of the molecule is O=C(COC(=O)/C=C/c1cccc(C(F)(F)F)c1)NC(=O)NCCc1cccs1. The Balaban J connectivity index is 1.70. The maximum atomic E-state index is 12.6.